The maximum Gasteiger partial charge on any atom is 0.306 e. The van der Waals surface area contributed by atoms with Gasteiger partial charge in [-0.25, -0.2) is 0 Å². The molecule has 0 spiro atoms. The highest BCUT2D eigenvalue weighted by molar-refractivity contribution is 5.72. The Morgan fingerprint density at radius 2 is 0.885 bits per heavy atom. The Labute approximate surface area is 371 Å². The van der Waals surface area contributed by atoms with Gasteiger partial charge in [0.2, 0.25) is 0 Å². The van der Waals surface area contributed by atoms with Gasteiger partial charge in [-0.15, -0.1) is 0 Å². The highest BCUT2D eigenvalue weighted by Gasteiger charge is 2.20. The van der Waals surface area contributed by atoms with Crippen LogP contribution in [-0.2, 0) is 47.7 Å². The van der Waals surface area contributed by atoms with Gasteiger partial charge in [-0.3, -0.25) is 24.0 Å². The normalized spacial score (nSPS) is 12.5. The van der Waals surface area contributed by atoms with Crippen molar-refractivity contribution >= 4 is 29.8 Å². The summed E-state index contributed by atoms with van der Waals surface area (Å²) in [7, 11) is 3.83. The van der Waals surface area contributed by atoms with Crippen molar-refractivity contribution in [2.75, 3.05) is 47.1 Å². The zero-order valence-corrected chi connectivity index (χ0v) is 39.5. The molecule has 0 saturated carbocycles. The van der Waals surface area contributed by atoms with E-state index in [4.69, 9.17) is 23.7 Å². The number of ether oxygens (including phenoxy) is 5. The van der Waals surface area contributed by atoms with Crippen LogP contribution in [0.2, 0.25) is 0 Å². The molecule has 354 valence electrons. The lowest BCUT2D eigenvalue weighted by atomic mass is 9.96. The number of hydrogen-bond donors (Lipinski definition) is 0. The van der Waals surface area contributed by atoms with E-state index >= 15 is 0 Å². The lowest BCUT2D eigenvalue weighted by Crippen LogP contribution is -2.31. The van der Waals surface area contributed by atoms with E-state index in [0.29, 0.717) is 57.8 Å². The molecule has 0 aromatic rings. The summed E-state index contributed by atoms with van der Waals surface area (Å²) in [4.78, 5) is 64.1. The van der Waals surface area contributed by atoms with Crippen LogP contribution in [0.3, 0.4) is 0 Å². The van der Waals surface area contributed by atoms with Crippen LogP contribution in [0.25, 0.3) is 0 Å². The Bertz CT molecular complexity index is 1150. The second-order valence-corrected chi connectivity index (χ2v) is 16.8. The molecule has 11 heteroatoms. The Kier molecular flexibility index (Phi) is 41.2. The molecule has 0 fully saturated rings. The van der Waals surface area contributed by atoms with Crippen LogP contribution in [-0.4, -0.2) is 87.9 Å². The molecule has 0 aromatic heterocycles. The van der Waals surface area contributed by atoms with E-state index in [0.717, 1.165) is 64.2 Å². The molecule has 0 N–H and O–H groups in total. The number of unbranched alkanes of at least 4 members (excludes halogenated alkanes) is 14. The maximum absolute atomic E-state index is 12.5. The third-order valence-electron chi connectivity index (χ3n) is 10.4. The van der Waals surface area contributed by atoms with Gasteiger partial charge in [-0.05, 0) is 110 Å². The average molecular weight is 864 g/mol. The quantitative estimate of drug-likeness (QED) is 0.0251. The lowest BCUT2D eigenvalue weighted by Gasteiger charge is -2.18. The van der Waals surface area contributed by atoms with Crippen molar-refractivity contribution in [1.82, 2.24) is 4.90 Å². The summed E-state index contributed by atoms with van der Waals surface area (Å²) in [6, 6.07) is 0. The third kappa shape index (κ3) is 41.9. The van der Waals surface area contributed by atoms with Gasteiger partial charge in [0.05, 0.1) is 13.2 Å². The number of esters is 5. The summed E-state index contributed by atoms with van der Waals surface area (Å²) in [5.41, 5.74) is 0. The lowest BCUT2D eigenvalue weighted by molar-refractivity contribution is -0.167. The summed E-state index contributed by atoms with van der Waals surface area (Å²) < 4.78 is 27.2. The SMILES string of the molecule is CCCCC/C=C/C/C=C/CCCCCCCOC(=O)CCCCC(=O)OCC(COC(=O)CCCCC(=O)OCC(CCCC)CCCCCC)OC(=O)CCCN(C)C. The van der Waals surface area contributed by atoms with Crippen LogP contribution in [0.1, 0.15) is 207 Å². The first kappa shape index (κ1) is 57.8. The molecule has 0 aliphatic rings. The van der Waals surface area contributed by atoms with Gasteiger partial charge in [0, 0.05) is 32.1 Å². The number of carbonyl (C=O) groups excluding carboxylic acids is 5. The van der Waals surface area contributed by atoms with Crippen molar-refractivity contribution in [3.8, 4) is 0 Å². The molecule has 0 amide bonds. The van der Waals surface area contributed by atoms with Crippen LogP contribution in [0.15, 0.2) is 24.3 Å². The molecule has 61 heavy (non-hydrogen) atoms. The zero-order chi connectivity index (χ0) is 45.0. The van der Waals surface area contributed by atoms with Crippen molar-refractivity contribution < 1.29 is 47.7 Å². The average Bonchev–Trinajstić information content (AvgIpc) is 3.23. The molecule has 11 nitrogen and oxygen atoms in total. The summed E-state index contributed by atoms with van der Waals surface area (Å²) in [6.07, 6.45) is 33.2. The number of allylic oxidation sites excluding steroid dienone is 4. The van der Waals surface area contributed by atoms with Gasteiger partial charge < -0.3 is 28.6 Å². The Balaban J connectivity index is 4.35. The van der Waals surface area contributed by atoms with E-state index in [1.807, 2.05) is 19.0 Å². The van der Waals surface area contributed by atoms with E-state index in [9.17, 15) is 24.0 Å². The number of rotatable bonds is 43. The standard InChI is InChI=1S/C50H89NO10/c1-6-9-12-14-15-16-17-18-19-20-21-22-23-24-30-40-57-46(52)34-26-27-36-48(54)59-42-45(61-50(56)38-31-39-51(4)5)43-60-49(55)37-29-28-35-47(53)58-41-44(32-11-8-3)33-25-13-10-7-2/h15-16,18-19,44-45H,6-14,17,20-43H2,1-5H3/b16-15+,19-18+. The van der Waals surface area contributed by atoms with E-state index in [2.05, 4.69) is 45.1 Å². The monoisotopic (exact) mass is 864 g/mol. The van der Waals surface area contributed by atoms with Crippen LogP contribution in [0.4, 0.5) is 0 Å². The Morgan fingerprint density at radius 1 is 0.443 bits per heavy atom. The summed E-state index contributed by atoms with van der Waals surface area (Å²) >= 11 is 0. The predicted octanol–water partition coefficient (Wildman–Crippen LogP) is 11.7. The maximum atomic E-state index is 12.5. The van der Waals surface area contributed by atoms with Crippen molar-refractivity contribution in [2.24, 2.45) is 5.92 Å². The van der Waals surface area contributed by atoms with Crippen LogP contribution in [0.5, 0.6) is 0 Å². The first-order valence-corrected chi connectivity index (χ1v) is 24.4. The number of hydrogen-bond acceptors (Lipinski definition) is 11. The van der Waals surface area contributed by atoms with Gasteiger partial charge >= 0.3 is 29.8 Å². The number of nitrogens with zero attached hydrogens (tertiary/aromatic N) is 1. The van der Waals surface area contributed by atoms with Crippen LogP contribution < -0.4 is 0 Å². The zero-order valence-electron chi connectivity index (χ0n) is 39.5. The fraction of sp³-hybridized carbons (Fsp3) is 0.820. The topological polar surface area (TPSA) is 135 Å². The fourth-order valence-electron chi connectivity index (χ4n) is 6.61. The minimum absolute atomic E-state index is 0.0995. The Hall–Kier alpha value is -3.21. The minimum Gasteiger partial charge on any atom is -0.466 e. The molecule has 0 bridgehead atoms. The largest absolute Gasteiger partial charge is 0.466 e. The van der Waals surface area contributed by atoms with E-state index in [1.54, 1.807) is 0 Å². The molecule has 0 heterocycles. The molecule has 0 aromatic carbocycles. The smallest absolute Gasteiger partial charge is 0.306 e. The van der Waals surface area contributed by atoms with Gasteiger partial charge in [0.15, 0.2) is 6.10 Å². The van der Waals surface area contributed by atoms with Crippen LogP contribution in [0, 0.1) is 5.92 Å². The molecule has 0 aliphatic carbocycles. The highest BCUT2D eigenvalue weighted by atomic mass is 16.6. The molecule has 0 radical (unpaired) electrons. The molecule has 0 saturated heterocycles. The van der Waals surface area contributed by atoms with Crippen molar-refractivity contribution in [3.05, 3.63) is 24.3 Å². The second-order valence-electron chi connectivity index (χ2n) is 16.8. The van der Waals surface area contributed by atoms with E-state index < -0.39 is 24.0 Å². The summed E-state index contributed by atoms with van der Waals surface area (Å²) in [5.74, 6) is -1.54. The third-order valence-corrected chi connectivity index (χ3v) is 10.4. The number of carbonyl (C=O) groups is 5. The fourth-order valence-corrected chi connectivity index (χ4v) is 6.61. The van der Waals surface area contributed by atoms with E-state index in [1.165, 1.54) is 57.8 Å². The molecular weight excluding hydrogens is 775 g/mol. The first-order valence-electron chi connectivity index (χ1n) is 24.4. The van der Waals surface area contributed by atoms with Gasteiger partial charge in [0.25, 0.3) is 0 Å². The van der Waals surface area contributed by atoms with Crippen molar-refractivity contribution in [3.63, 3.8) is 0 Å². The molecule has 2 atom stereocenters. The highest BCUT2D eigenvalue weighted by Crippen LogP contribution is 2.19. The molecule has 0 aliphatic heterocycles. The molecular formula is C50H89NO10. The van der Waals surface area contributed by atoms with Crippen molar-refractivity contribution in [1.29, 1.82) is 0 Å². The molecule has 0 rings (SSSR count). The predicted molar refractivity (Wildman–Crippen MR) is 245 cm³/mol. The summed E-state index contributed by atoms with van der Waals surface area (Å²) in [6.45, 7) is 7.69. The van der Waals surface area contributed by atoms with Crippen LogP contribution >= 0.6 is 0 Å². The first-order chi connectivity index (χ1) is 29.6. The van der Waals surface area contributed by atoms with Gasteiger partial charge in [-0.1, -0.05) is 116 Å². The van der Waals surface area contributed by atoms with Crippen molar-refractivity contribution in [2.45, 2.75) is 213 Å². The minimum atomic E-state index is -0.943. The summed E-state index contributed by atoms with van der Waals surface area (Å²) in [5, 5.41) is 0. The second kappa shape index (κ2) is 43.4. The van der Waals surface area contributed by atoms with Gasteiger partial charge in [-0.2, -0.15) is 0 Å². The molecule has 2 unspecified atom stereocenters. The Morgan fingerprint density at radius 3 is 1.44 bits per heavy atom. The van der Waals surface area contributed by atoms with E-state index in [-0.39, 0.29) is 57.3 Å². The van der Waals surface area contributed by atoms with Gasteiger partial charge in [0.1, 0.15) is 13.2 Å².